The normalized spacial score (nSPS) is 13.2. The van der Waals surface area contributed by atoms with E-state index in [1.165, 1.54) is 12.1 Å². The number of nitrogens with two attached hydrogens (primary N) is 1. The largest absolute Gasteiger partial charge is 0.465 e. The van der Waals surface area contributed by atoms with Crippen molar-refractivity contribution >= 4 is 23.7 Å². The topological polar surface area (TPSA) is 90.6 Å². The van der Waals surface area contributed by atoms with Crippen LogP contribution in [0.4, 0.5) is 9.18 Å². The summed E-state index contributed by atoms with van der Waals surface area (Å²) in [5.74, 6) is -0.901. The van der Waals surface area contributed by atoms with Gasteiger partial charge in [-0.15, -0.1) is 0 Å². The summed E-state index contributed by atoms with van der Waals surface area (Å²) in [5, 5.41) is 3.23. The Labute approximate surface area is 193 Å². The Bertz CT molecular complexity index is 929. The van der Waals surface area contributed by atoms with Gasteiger partial charge in [-0.05, 0) is 69.9 Å². The zero-order valence-corrected chi connectivity index (χ0v) is 19.5. The van der Waals surface area contributed by atoms with Crippen LogP contribution in [0.5, 0.6) is 0 Å². The molecule has 0 radical (unpaired) electrons. The van der Waals surface area contributed by atoms with Gasteiger partial charge >= 0.3 is 12.1 Å². The number of amides is 1. The minimum atomic E-state index is -0.894. The van der Waals surface area contributed by atoms with Crippen LogP contribution in [0.3, 0.4) is 0 Å². The molecule has 0 aliphatic carbocycles. The van der Waals surface area contributed by atoms with Crippen molar-refractivity contribution < 1.29 is 23.5 Å². The SMILES string of the molecule is CCOC(=O)[C@H](N)C[C@@H](Cc1ccc(-c2cc(Cl)ccc2F)cc1)NC(=O)OC(C)(C)C. The fraction of sp³-hybridized carbons (Fsp3) is 0.417. The van der Waals surface area contributed by atoms with E-state index in [2.05, 4.69) is 5.32 Å². The highest BCUT2D eigenvalue weighted by molar-refractivity contribution is 6.30. The number of esters is 1. The molecule has 174 valence electrons. The van der Waals surface area contributed by atoms with Gasteiger partial charge in [-0.3, -0.25) is 4.79 Å². The Morgan fingerprint density at radius 2 is 1.81 bits per heavy atom. The summed E-state index contributed by atoms with van der Waals surface area (Å²) >= 11 is 5.99. The number of carbonyl (C=O) groups excluding carboxylic acids is 2. The minimum absolute atomic E-state index is 0.169. The van der Waals surface area contributed by atoms with Crippen molar-refractivity contribution in [3.05, 3.63) is 58.9 Å². The smallest absolute Gasteiger partial charge is 0.407 e. The number of hydrogen-bond donors (Lipinski definition) is 2. The quantitative estimate of drug-likeness (QED) is 0.544. The standard InChI is InChI=1S/C24H30ClFN2O4/c1-5-31-22(29)21(27)14-18(28-23(30)32-24(2,3)4)12-15-6-8-16(9-7-15)19-13-17(25)10-11-20(19)26/h6-11,13,18,21H,5,12,14,27H2,1-4H3,(H,28,30)/t18-,21-/m1/s1. The molecule has 32 heavy (non-hydrogen) atoms. The van der Waals surface area contributed by atoms with Gasteiger partial charge in [0.05, 0.1) is 6.61 Å². The van der Waals surface area contributed by atoms with Crippen molar-refractivity contribution in [2.24, 2.45) is 5.73 Å². The molecule has 0 aliphatic rings. The molecule has 1 amide bonds. The Hall–Kier alpha value is -2.64. The van der Waals surface area contributed by atoms with Crippen LogP contribution in [0.1, 0.15) is 39.7 Å². The molecular weight excluding hydrogens is 435 g/mol. The Morgan fingerprint density at radius 3 is 2.41 bits per heavy atom. The fourth-order valence-electron chi connectivity index (χ4n) is 3.14. The van der Waals surface area contributed by atoms with Crippen LogP contribution in [-0.4, -0.2) is 36.4 Å². The van der Waals surface area contributed by atoms with Crippen molar-refractivity contribution in [2.45, 2.75) is 58.2 Å². The molecule has 2 rings (SSSR count). The second-order valence-electron chi connectivity index (χ2n) is 8.46. The number of benzene rings is 2. The summed E-state index contributed by atoms with van der Waals surface area (Å²) in [6, 6.07) is 10.2. The number of rotatable bonds is 8. The summed E-state index contributed by atoms with van der Waals surface area (Å²) in [6.07, 6.45) is -0.0379. The minimum Gasteiger partial charge on any atom is -0.465 e. The number of nitrogens with one attached hydrogen (secondary N) is 1. The lowest BCUT2D eigenvalue weighted by atomic mass is 9.97. The molecule has 2 aromatic rings. The third kappa shape index (κ3) is 8.13. The molecule has 0 fully saturated rings. The maximum absolute atomic E-state index is 14.1. The first kappa shape index (κ1) is 25.6. The van der Waals surface area contributed by atoms with Crippen LogP contribution in [0.25, 0.3) is 11.1 Å². The van der Waals surface area contributed by atoms with E-state index in [4.69, 9.17) is 26.8 Å². The van der Waals surface area contributed by atoms with Crippen LogP contribution in [0.2, 0.25) is 5.02 Å². The molecule has 2 aromatic carbocycles. The zero-order chi connectivity index (χ0) is 23.9. The van der Waals surface area contributed by atoms with Gasteiger partial charge in [-0.2, -0.15) is 0 Å². The van der Waals surface area contributed by atoms with Crippen LogP contribution < -0.4 is 11.1 Å². The predicted octanol–water partition coefficient (Wildman–Crippen LogP) is 4.86. The molecule has 0 unspecified atom stereocenters. The molecule has 0 saturated carbocycles. The Kier molecular flexibility index (Phi) is 9.04. The van der Waals surface area contributed by atoms with E-state index < -0.39 is 29.7 Å². The number of carbonyl (C=O) groups is 2. The van der Waals surface area contributed by atoms with Gasteiger partial charge in [-0.1, -0.05) is 35.9 Å². The maximum Gasteiger partial charge on any atom is 0.407 e. The molecule has 6 nitrogen and oxygen atoms in total. The Morgan fingerprint density at radius 1 is 1.16 bits per heavy atom. The molecule has 0 spiro atoms. The van der Waals surface area contributed by atoms with Gasteiger partial charge in [0.25, 0.3) is 0 Å². The molecule has 8 heteroatoms. The maximum atomic E-state index is 14.1. The third-order valence-electron chi connectivity index (χ3n) is 4.52. The third-order valence-corrected chi connectivity index (χ3v) is 4.76. The lowest BCUT2D eigenvalue weighted by molar-refractivity contribution is -0.145. The van der Waals surface area contributed by atoms with E-state index in [0.29, 0.717) is 22.6 Å². The highest BCUT2D eigenvalue weighted by atomic mass is 35.5. The van der Waals surface area contributed by atoms with Gasteiger partial charge in [0.1, 0.15) is 17.5 Å². The highest BCUT2D eigenvalue weighted by Crippen LogP contribution is 2.26. The zero-order valence-electron chi connectivity index (χ0n) is 18.8. The van der Waals surface area contributed by atoms with Crippen molar-refractivity contribution in [2.75, 3.05) is 6.61 Å². The van der Waals surface area contributed by atoms with E-state index >= 15 is 0 Å². The van der Waals surface area contributed by atoms with E-state index in [9.17, 15) is 14.0 Å². The molecule has 0 saturated heterocycles. The van der Waals surface area contributed by atoms with E-state index in [1.807, 2.05) is 12.1 Å². The van der Waals surface area contributed by atoms with Crippen LogP contribution in [-0.2, 0) is 20.7 Å². The highest BCUT2D eigenvalue weighted by Gasteiger charge is 2.24. The lowest BCUT2D eigenvalue weighted by Gasteiger charge is -2.25. The summed E-state index contributed by atoms with van der Waals surface area (Å²) in [6.45, 7) is 7.21. The average molecular weight is 465 g/mol. The van der Waals surface area contributed by atoms with Gasteiger partial charge in [0.2, 0.25) is 0 Å². The monoisotopic (exact) mass is 464 g/mol. The van der Waals surface area contributed by atoms with Crippen molar-refractivity contribution in [1.29, 1.82) is 0 Å². The van der Waals surface area contributed by atoms with E-state index in [-0.39, 0.29) is 18.8 Å². The molecular formula is C24H30ClFN2O4. The number of alkyl carbamates (subject to hydrolysis) is 1. The summed E-state index contributed by atoms with van der Waals surface area (Å²) < 4.78 is 24.5. The molecule has 2 atom stereocenters. The van der Waals surface area contributed by atoms with Crippen LogP contribution >= 0.6 is 11.6 Å². The van der Waals surface area contributed by atoms with E-state index in [0.717, 1.165) is 5.56 Å². The second kappa shape index (κ2) is 11.3. The number of hydrogen-bond acceptors (Lipinski definition) is 5. The molecule has 0 heterocycles. The number of halogens is 2. The van der Waals surface area contributed by atoms with Crippen LogP contribution in [0.15, 0.2) is 42.5 Å². The lowest BCUT2D eigenvalue weighted by Crippen LogP contribution is -2.45. The molecule has 3 N–H and O–H groups in total. The first-order chi connectivity index (χ1) is 15.0. The van der Waals surface area contributed by atoms with Gasteiger partial charge < -0.3 is 20.5 Å². The number of ether oxygens (including phenoxy) is 2. The predicted molar refractivity (Wildman–Crippen MR) is 123 cm³/mol. The van der Waals surface area contributed by atoms with Crippen LogP contribution in [0, 0.1) is 5.82 Å². The van der Waals surface area contributed by atoms with Gasteiger partial charge in [0, 0.05) is 16.6 Å². The fourth-order valence-corrected chi connectivity index (χ4v) is 3.32. The molecule has 0 bridgehead atoms. The summed E-state index contributed by atoms with van der Waals surface area (Å²) in [4.78, 5) is 24.3. The van der Waals surface area contributed by atoms with Gasteiger partial charge in [-0.25, -0.2) is 9.18 Å². The van der Waals surface area contributed by atoms with Crippen molar-refractivity contribution in [3.8, 4) is 11.1 Å². The average Bonchev–Trinajstić information content (AvgIpc) is 2.69. The Balaban J connectivity index is 2.17. The van der Waals surface area contributed by atoms with Gasteiger partial charge in [0.15, 0.2) is 0 Å². The van der Waals surface area contributed by atoms with Crippen molar-refractivity contribution in [1.82, 2.24) is 5.32 Å². The van der Waals surface area contributed by atoms with Crippen molar-refractivity contribution in [3.63, 3.8) is 0 Å². The van der Waals surface area contributed by atoms with E-state index in [1.54, 1.807) is 45.9 Å². The summed E-state index contributed by atoms with van der Waals surface area (Å²) in [7, 11) is 0. The first-order valence-electron chi connectivity index (χ1n) is 10.4. The second-order valence-corrected chi connectivity index (χ2v) is 8.90. The first-order valence-corrected chi connectivity index (χ1v) is 10.8. The molecule has 0 aliphatic heterocycles. The summed E-state index contributed by atoms with van der Waals surface area (Å²) in [5.41, 5.74) is 7.25. The molecule has 0 aromatic heterocycles.